The molecular formula is C19H19N3O2S. The summed E-state index contributed by atoms with van der Waals surface area (Å²) in [7, 11) is -1.31. The summed E-state index contributed by atoms with van der Waals surface area (Å²) in [5.74, 6) is 0.708. The standard InChI is InChI=1S/C19H19N3O2S/c23-18(21-10-13-4-5-13)8-15-3-1-2-14-6-7-16(9-17(14)15)25(24)19-11-20-12-22-19/h1-3,6-7,9,11-13H,4-5,8,10H2,(H,20,22)(H,21,23). The summed E-state index contributed by atoms with van der Waals surface area (Å²) in [6.07, 6.45) is 5.86. The van der Waals surface area contributed by atoms with Crippen LogP contribution < -0.4 is 5.32 Å². The molecule has 0 spiro atoms. The third-order valence-electron chi connectivity index (χ3n) is 4.47. The van der Waals surface area contributed by atoms with Crippen LogP contribution in [0.5, 0.6) is 0 Å². The van der Waals surface area contributed by atoms with Gasteiger partial charge in [-0.2, -0.15) is 0 Å². The van der Waals surface area contributed by atoms with Crippen LogP contribution in [0.4, 0.5) is 0 Å². The maximum Gasteiger partial charge on any atom is 0.224 e. The highest BCUT2D eigenvalue weighted by Gasteiger charge is 2.21. The molecule has 1 aliphatic rings. The minimum atomic E-state index is -1.31. The number of imidazole rings is 1. The molecule has 1 aromatic heterocycles. The third kappa shape index (κ3) is 3.64. The molecule has 1 atom stereocenters. The highest BCUT2D eigenvalue weighted by atomic mass is 32.2. The molecule has 4 rings (SSSR count). The first-order chi connectivity index (χ1) is 12.2. The van der Waals surface area contributed by atoms with Gasteiger partial charge in [-0.05, 0) is 47.2 Å². The molecule has 1 heterocycles. The number of amides is 1. The Bertz CT molecular complexity index is 933. The molecule has 0 bridgehead atoms. The molecule has 1 unspecified atom stereocenters. The number of nitrogens with zero attached hydrogens (tertiary/aromatic N) is 1. The van der Waals surface area contributed by atoms with Crippen LogP contribution in [0.3, 0.4) is 0 Å². The molecule has 1 aliphatic carbocycles. The van der Waals surface area contributed by atoms with E-state index >= 15 is 0 Å². The summed E-state index contributed by atoms with van der Waals surface area (Å²) in [5.41, 5.74) is 0.953. The fourth-order valence-corrected chi connectivity index (χ4v) is 3.86. The zero-order valence-electron chi connectivity index (χ0n) is 13.7. The van der Waals surface area contributed by atoms with Gasteiger partial charge in [0, 0.05) is 11.4 Å². The number of aromatic nitrogens is 2. The molecule has 128 valence electrons. The van der Waals surface area contributed by atoms with E-state index < -0.39 is 10.8 Å². The Morgan fingerprint density at radius 2 is 2.16 bits per heavy atom. The van der Waals surface area contributed by atoms with Gasteiger partial charge in [-0.25, -0.2) is 9.19 Å². The quantitative estimate of drug-likeness (QED) is 0.715. The normalized spacial score (nSPS) is 15.2. The summed E-state index contributed by atoms with van der Waals surface area (Å²) in [6, 6.07) is 11.6. The summed E-state index contributed by atoms with van der Waals surface area (Å²) in [5, 5.41) is 5.58. The van der Waals surface area contributed by atoms with E-state index in [4.69, 9.17) is 0 Å². The van der Waals surface area contributed by atoms with Gasteiger partial charge in [-0.3, -0.25) is 4.79 Å². The molecule has 0 saturated heterocycles. The molecule has 6 heteroatoms. The number of carbonyl (C=O) groups excluding carboxylic acids is 1. The van der Waals surface area contributed by atoms with Crippen molar-refractivity contribution in [3.63, 3.8) is 0 Å². The second kappa shape index (κ2) is 6.80. The van der Waals surface area contributed by atoms with E-state index in [-0.39, 0.29) is 5.91 Å². The van der Waals surface area contributed by atoms with Crippen LogP contribution in [0.15, 0.2) is 58.8 Å². The van der Waals surface area contributed by atoms with Crippen molar-refractivity contribution in [2.24, 2.45) is 5.92 Å². The van der Waals surface area contributed by atoms with Gasteiger partial charge in [0.1, 0.15) is 15.8 Å². The lowest BCUT2D eigenvalue weighted by molar-refractivity contribution is -0.120. The number of benzene rings is 2. The molecule has 0 aliphatic heterocycles. The lowest BCUT2D eigenvalue weighted by Crippen LogP contribution is -2.27. The minimum absolute atomic E-state index is 0.0412. The van der Waals surface area contributed by atoms with Gasteiger partial charge in [-0.1, -0.05) is 24.3 Å². The molecule has 2 N–H and O–H groups in total. The molecule has 2 aromatic carbocycles. The Morgan fingerprint density at radius 1 is 1.28 bits per heavy atom. The Kier molecular flexibility index (Phi) is 4.36. The highest BCUT2D eigenvalue weighted by molar-refractivity contribution is 7.85. The predicted molar refractivity (Wildman–Crippen MR) is 96.6 cm³/mol. The zero-order valence-corrected chi connectivity index (χ0v) is 14.5. The minimum Gasteiger partial charge on any atom is -0.356 e. The first-order valence-corrected chi connectivity index (χ1v) is 9.54. The van der Waals surface area contributed by atoms with Gasteiger partial charge in [0.05, 0.1) is 18.9 Å². The van der Waals surface area contributed by atoms with Crippen LogP contribution in [0, 0.1) is 5.92 Å². The van der Waals surface area contributed by atoms with E-state index in [1.54, 1.807) is 6.20 Å². The van der Waals surface area contributed by atoms with Gasteiger partial charge in [0.25, 0.3) is 0 Å². The van der Waals surface area contributed by atoms with Crippen molar-refractivity contribution >= 4 is 27.5 Å². The summed E-state index contributed by atoms with van der Waals surface area (Å²) >= 11 is 0. The second-order valence-electron chi connectivity index (χ2n) is 6.41. The number of nitrogens with one attached hydrogen (secondary N) is 2. The van der Waals surface area contributed by atoms with E-state index in [0.29, 0.717) is 22.3 Å². The van der Waals surface area contributed by atoms with Crippen LogP contribution in [0.2, 0.25) is 0 Å². The molecule has 3 aromatic rings. The SMILES string of the molecule is O=C(Cc1cccc2ccc(S(=O)c3cnc[nH]3)cc12)NCC1CC1. The van der Waals surface area contributed by atoms with Gasteiger partial charge in [0.2, 0.25) is 5.91 Å². The Morgan fingerprint density at radius 3 is 2.92 bits per heavy atom. The summed E-state index contributed by atoms with van der Waals surface area (Å²) < 4.78 is 12.6. The average Bonchev–Trinajstić information content (AvgIpc) is 3.30. The molecule has 5 nitrogen and oxygen atoms in total. The fraction of sp³-hybridized carbons (Fsp3) is 0.263. The maximum atomic E-state index is 12.6. The van der Waals surface area contributed by atoms with Crippen molar-refractivity contribution < 1.29 is 9.00 Å². The highest BCUT2D eigenvalue weighted by Crippen LogP contribution is 2.28. The molecule has 1 amide bonds. The van der Waals surface area contributed by atoms with E-state index in [9.17, 15) is 9.00 Å². The van der Waals surface area contributed by atoms with Crippen LogP contribution >= 0.6 is 0 Å². The van der Waals surface area contributed by atoms with E-state index in [2.05, 4.69) is 15.3 Å². The molecule has 1 fully saturated rings. The van der Waals surface area contributed by atoms with E-state index in [0.717, 1.165) is 22.9 Å². The van der Waals surface area contributed by atoms with Crippen molar-refractivity contribution in [2.75, 3.05) is 6.54 Å². The summed E-state index contributed by atoms with van der Waals surface area (Å²) in [4.78, 5) is 19.7. The van der Waals surface area contributed by atoms with Crippen molar-refractivity contribution in [2.45, 2.75) is 29.2 Å². The first kappa shape index (κ1) is 16.0. The number of aromatic amines is 1. The van der Waals surface area contributed by atoms with Crippen molar-refractivity contribution in [1.29, 1.82) is 0 Å². The van der Waals surface area contributed by atoms with E-state index in [1.165, 1.54) is 19.2 Å². The Hall–Kier alpha value is -2.47. The fourth-order valence-electron chi connectivity index (χ4n) is 2.87. The van der Waals surface area contributed by atoms with Crippen LogP contribution in [-0.4, -0.2) is 26.6 Å². The maximum absolute atomic E-state index is 12.6. The van der Waals surface area contributed by atoms with Gasteiger partial charge < -0.3 is 10.3 Å². The van der Waals surface area contributed by atoms with Gasteiger partial charge >= 0.3 is 0 Å². The number of carbonyl (C=O) groups is 1. The van der Waals surface area contributed by atoms with Crippen molar-refractivity contribution in [3.05, 3.63) is 54.5 Å². The van der Waals surface area contributed by atoms with Crippen molar-refractivity contribution in [1.82, 2.24) is 15.3 Å². The summed E-state index contributed by atoms with van der Waals surface area (Å²) in [6.45, 7) is 0.776. The van der Waals surface area contributed by atoms with E-state index in [1.807, 2.05) is 36.4 Å². The smallest absolute Gasteiger partial charge is 0.224 e. The number of hydrogen-bond acceptors (Lipinski definition) is 3. The second-order valence-corrected chi connectivity index (χ2v) is 7.86. The molecule has 25 heavy (non-hydrogen) atoms. The van der Waals surface area contributed by atoms with Gasteiger partial charge in [0.15, 0.2) is 0 Å². The molecule has 1 saturated carbocycles. The first-order valence-electron chi connectivity index (χ1n) is 8.39. The van der Waals surface area contributed by atoms with Gasteiger partial charge in [-0.15, -0.1) is 0 Å². The largest absolute Gasteiger partial charge is 0.356 e. The monoisotopic (exact) mass is 353 g/mol. The van der Waals surface area contributed by atoms with Crippen LogP contribution in [0.1, 0.15) is 18.4 Å². The van der Waals surface area contributed by atoms with Crippen LogP contribution in [0.25, 0.3) is 10.8 Å². The number of rotatable bonds is 6. The lowest BCUT2D eigenvalue weighted by atomic mass is 10.0. The number of H-pyrrole nitrogens is 1. The lowest BCUT2D eigenvalue weighted by Gasteiger charge is -2.09. The number of fused-ring (bicyclic) bond motifs is 1. The topological polar surface area (TPSA) is 74.8 Å². The van der Waals surface area contributed by atoms with Crippen LogP contribution in [-0.2, 0) is 22.0 Å². The average molecular weight is 353 g/mol. The molecular weight excluding hydrogens is 334 g/mol. The predicted octanol–water partition coefficient (Wildman–Crippen LogP) is 2.80. The molecule has 0 radical (unpaired) electrons. The number of hydrogen-bond donors (Lipinski definition) is 2. The third-order valence-corrected chi connectivity index (χ3v) is 5.77. The zero-order chi connectivity index (χ0) is 17.2. The Labute approximate surface area is 148 Å². The Balaban J connectivity index is 1.61. The van der Waals surface area contributed by atoms with Crippen molar-refractivity contribution in [3.8, 4) is 0 Å².